The first-order chi connectivity index (χ1) is 13.2. The molecule has 0 saturated carbocycles. The molecule has 1 fully saturated rings. The number of nitrogens with zero attached hydrogens (tertiary/aromatic N) is 2. The molecule has 0 atom stereocenters. The molecule has 1 N–H and O–H groups in total. The second kappa shape index (κ2) is 7.97. The fourth-order valence-corrected chi connectivity index (χ4v) is 4.03. The minimum Gasteiger partial charge on any atom is -0.351 e. The Labute approximate surface area is 160 Å². The maximum absolute atomic E-state index is 12.8. The van der Waals surface area contributed by atoms with Gasteiger partial charge in [-0.05, 0) is 49.5 Å². The molecule has 0 spiro atoms. The Morgan fingerprint density at radius 2 is 1.78 bits per heavy atom. The molecule has 4 heteroatoms. The van der Waals surface area contributed by atoms with Gasteiger partial charge in [-0.1, -0.05) is 48.5 Å². The predicted molar refractivity (Wildman–Crippen MR) is 110 cm³/mol. The van der Waals surface area contributed by atoms with E-state index in [-0.39, 0.29) is 5.91 Å². The third kappa shape index (κ3) is 4.22. The lowest BCUT2D eigenvalue weighted by Crippen LogP contribution is -2.39. The molecule has 0 bridgehead atoms. The molecule has 2 aromatic carbocycles. The highest BCUT2D eigenvalue weighted by Crippen LogP contribution is 2.21. The van der Waals surface area contributed by atoms with Gasteiger partial charge in [-0.2, -0.15) is 0 Å². The molecule has 1 aliphatic rings. The molecule has 4 nitrogen and oxygen atoms in total. The van der Waals surface area contributed by atoms with Crippen LogP contribution in [0.3, 0.4) is 0 Å². The first-order valence-corrected chi connectivity index (χ1v) is 9.78. The van der Waals surface area contributed by atoms with Gasteiger partial charge in [0.1, 0.15) is 5.69 Å². The van der Waals surface area contributed by atoms with Gasteiger partial charge in [0, 0.05) is 31.0 Å². The fraction of sp³-hybridized carbons (Fsp3) is 0.348. The van der Waals surface area contributed by atoms with Gasteiger partial charge in [0.2, 0.25) is 0 Å². The van der Waals surface area contributed by atoms with Crippen molar-refractivity contribution in [3.63, 3.8) is 0 Å². The van der Waals surface area contributed by atoms with Crippen molar-refractivity contribution in [2.75, 3.05) is 26.7 Å². The van der Waals surface area contributed by atoms with Gasteiger partial charge in [-0.3, -0.25) is 9.69 Å². The summed E-state index contributed by atoms with van der Waals surface area (Å²) in [6.45, 7) is 4.06. The summed E-state index contributed by atoms with van der Waals surface area (Å²) in [5, 5.41) is 1.09. The second-order valence-corrected chi connectivity index (χ2v) is 7.66. The average Bonchev–Trinajstić information content (AvgIpc) is 3.14. The maximum atomic E-state index is 12.8. The van der Waals surface area contributed by atoms with Crippen LogP contribution < -0.4 is 0 Å². The van der Waals surface area contributed by atoms with E-state index < -0.39 is 0 Å². The standard InChI is InChI=1S/C23H27N3O/c1-25(23(27)22-15-20-9-5-6-10-21(20)24-22)16-19-11-13-26(14-12-19)17-18-7-3-2-4-8-18/h2-10,15,19,24H,11-14,16-17H2,1H3. The summed E-state index contributed by atoms with van der Waals surface area (Å²) in [6.07, 6.45) is 2.30. The SMILES string of the molecule is CN(CC1CCN(Cc2ccccc2)CC1)C(=O)c1cc2ccccc2[nH]1. The summed E-state index contributed by atoms with van der Waals surface area (Å²) in [5.74, 6) is 0.660. The van der Waals surface area contributed by atoms with Crippen molar-refractivity contribution in [1.29, 1.82) is 0 Å². The Bertz CT molecular complexity index is 861. The normalized spacial score (nSPS) is 15.9. The van der Waals surface area contributed by atoms with Crippen molar-refractivity contribution in [3.05, 3.63) is 71.9 Å². The lowest BCUT2D eigenvalue weighted by molar-refractivity contribution is 0.0733. The number of carbonyl (C=O) groups is 1. The van der Waals surface area contributed by atoms with Gasteiger partial charge >= 0.3 is 0 Å². The predicted octanol–water partition coefficient (Wildman–Crippen LogP) is 4.15. The molecule has 0 aliphatic carbocycles. The molecule has 0 radical (unpaired) electrons. The van der Waals surface area contributed by atoms with Crippen LogP contribution in [0, 0.1) is 5.92 Å². The number of aromatic nitrogens is 1. The number of para-hydroxylation sites is 1. The number of carbonyl (C=O) groups excluding carboxylic acids is 1. The minimum atomic E-state index is 0.0814. The van der Waals surface area contributed by atoms with E-state index >= 15 is 0 Å². The Kier molecular flexibility index (Phi) is 5.26. The van der Waals surface area contributed by atoms with Crippen LogP contribution in [0.15, 0.2) is 60.7 Å². The van der Waals surface area contributed by atoms with E-state index in [4.69, 9.17) is 0 Å². The zero-order valence-electron chi connectivity index (χ0n) is 15.9. The lowest BCUT2D eigenvalue weighted by atomic mass is 9.96. The Balaban J connectivity index is 1.30. The molecule has 1 aromatic heterocycles. The van der Waals surface area contributed by atoms with E-state index in [1.165, 1.54) is 5.56 Å². The van der Waals surface area contributed by atoms with E-state index in [9.17, 15) is 4.79 Å². The molecule has 140 valence electrons. The summed E-state index contributed by atoms with van der Waals surface area (Å²) >= 11 is 0. The number of amides is 1. The molecule has 1 saturated heterocycles. The summed E-state index contributed by atoms with van der Waals surface area (Å²) in [4.78, 5) is 20.4. The van der Waals surface area contributed by atoms with Gasteiger partial charge < -0.3 is 9.88 Å². The number of fused-ring (bicyclic) bond motifs is 1. The fourth-order valence-electron chi connectivity index (χ4n) is 4.03. The Morgan fingerprint density at radius 1 is 1.07 bits per heavy atom. The van der Waals surface area contributed by atoms with Crippen LogP contribution in [0.5, 0.6) is 0 Å². The molecule has 1 amide bonds. The molecular formula is C23H27N3O. The third-order valence-corrected chi connectivity index (χ3v) is 5.60. The smallest absolute Gasteiger partial charge is 0.270 e. The summed E-state index contributed by atoms with van der Waals surface area (Å²) < 4.78 is 0. The quantitative estimate of drug-likeness (QED) is 0.741. The van der Waals surface area contributed by atoms with Gasteiger partial charge in [0.05, 0.1) is 0 Å². The lowest BCUT2D eigenvalue weighted by Gasteiger charge is -2.33. The van der Waals surface area contributed by atoms with Crippen molar-refractivity contribution >= 4 is 16.8 Å². The average molecular weight is 361 g/mol. The van der Waals surface area contributed by atoms with Crippen LogP contribution in [0.4, 0.5) is 0 Å². The van der Waals surface area contributed by atoms with Gasteiger partial charge in [0.15, 0.2) is 0 Å². The number of nitrogens with one attached hydrogen (secondary N) is 1. The number of hydrogen-bond acceptors (Lipinski definition) is 2. The highest BCUT2D eigenvalue weighted by atomic mass is 16.2. The maximum Gasteiger partial charge on any atom is 0.270 e. The number of piperidine rings is 1. The summed E-state index contributed by atoms with van der Waals surface area (Å²) in [7, 11) is 1.92. The topological polar surface area (TPSA) is 39.3 Å². The zero-order valence-corrected chi connectivity index (χ0v) is 15.9. The summed E-state index contributed by atoms with van der Waals surface area (Å²) in [5.41, 5.74) is 3.07. The monoisotopic (exact) mass is 361 g/mol. The van der Waals surface area contributed by atoms with Crippen LogP contribution in [-0.2, 0) is 6.54 Å². The highest BCUT2D eigenvalue weighted by molar-refractivity contribution is 5.97. The first kappa shape index (κ1) is 17.8. The van der Waals surface area contributed by atoms with Crippen molar-refractivity contribution in [1.82, 2.24) is 14.8 Å². The van der Waals surface area contributed by atoms with Crippen LogP contribution in [0.25, 0.3) is 10.9 Å². The van der Waals surface area contributed by atoms with Crippen molar-refractivity contribution in [2.45, 2.75) is 19.4 Å². The van der Waals surface area contributed by atoms with Gasteiger partial charge in [-0.15, -0.1) is 0 Å². The highest BCUT2D eigenvalue weighted by Gasteiger charge is 2.23. The molecule has 3 aromatic rings. The van der Waals surface area contributed by atoms with Crippen LogP contribution >= 0.6 is 0 Å². The molecule has 0 unspecified atom stereocenters. The number of hydrogen-bond donors (Lipinski definition) is 1. The van der Waals surface area contributed by atoms with Gasteiger partial charge in [-0.25, -0.2) is 0 Å². The minimum absolute atomic E-state index is 0.0814. The van der Waals surface area contributed by atoms with Gasteiger partial charge in [0.25, 0.3) is 5.91 Å². The Morgan fingerprint density at radius 3 is 2.52 bits per heavy atom. The van der Waals surface area contributed by atoms with E-state index in [1.54, 1.807) is 0 Å². The van der Waals surface area contributed by atoms with Crippen molar-refractivity contribution < 1.29 is 4.79 Å². The second-order valence-electron chi connectivity index (χ2n) is 7.66. The van der Waals surface area contributed by atoms with Crippen LogP contribution in [0.1, 0.15) is 28.9 Å². The molecular weight excluding hydrogens is 334 g/mol. The third-order valence-electron chi connectivity index (χ3n) is 5.60. The number of likely N-dealkylation sites (tertiary alicyclic amines) is 1. The number of benzene rings is 2. The molecule has 27 heavy (non-hydrogen) atoms. The summed E-state index contributed by atoms with van der Waals surface area (Å²) in [6, 6.07) is 20.6. The van der Waals surface area contributed by atoms with Crippen molar-refractivity contribution in [2.24, 2.45) is 5.92 Å². The van der Waals surface area contributed by atoms with Crippen LogP contribution in [-0.4, -0.2) is 47.4 Å². The molecule has 2 heterocycles. The first-order valence-electron chi connectivity index (χ1n) is 9.78. The van der Waals surface area contributed by atoms with Crippen molar-refractivity contribution in [3.8, 4) is 0 Å². The van der Waals surface area contributed by atoms with E-state index in [0.29, 0.717) is 11.6 Å². The van der Waals surface area contributed by atoms with E-state index in [0.717, 1.165) is 49.9 Å². The molecule has 1 aliphatic heterocycles. The number of H-pyrrole nitrogens is 1. The van der Waals surface area contributed by atoms with E-state index in [1.807, 2.05) is 42.3 Å². The van der Waals surface area contributed by atoms with Crippen LogP contribution in [0.2, 0.25) is 0 Å². The Hall–Kier alpha value is -2.59. The largest absolute Gasteiger partial charge is 0.351 e. The zero-order chi connectivity index (χ0) is 18.6. The van der Waals surface area contributed by atoms with E-state index in [2.05, 4.69) is 40.2 Å². The number of aromatic amines is 1. The number of rotatable bonds is 5. The molecule has 4 rings (SSSR count).